The number of rotatable bonds is 7. The molecule has 2 aromatic heterocycles. The van der Waals surface area contributed by atoms with Crippen LogP contribution in [-0.2, 0) is 6.42 Å². The first-order valence-corrected chi connectivity index (χ1v) is 11.0. The molecule has 2 heterocycles. The lowest BCUT2D eigenvalue weighted by Crippen LogP contribution is -2.21. The number of nitrogens with one attached hydrogen (secondary N) is 1. The Morgan fingerprint density at radius 3 is 2.78 bits per heavy atom. The number of hydrogen-bond donors (Lipinski definition) is 1. The number of benzene rings is 2. The summed E-state index contributed by atoms with van der Waals surface area (Å²) in [5.74, 6) is 0.272. The van der Waals surface area contributed by atoms with Gasteiger partial charge in [-0.1, -0.05) is 29.8 Å². The van der Waals surface area contributed by atoms with Gasteiger partial charge in [0.1, 0.15) is 17.3 Å². The highest BCUT2D eigenvalue weighted by Crippen LogP contribution is 2.35. The van der Waals surface area contributed by atoms with Crippen LogP contribution in [0.5, 0.6) is 11.5 Å². The summed E-state index contributed by atoms with van der Waals surface area (Å²) in [6.45, 7) is 4.26. The molecule has 0 bridgehead atoms. The van der Waals surface area contributed by atoms with Crippen molar-refractivity contribution in [2.75, 3.05) is 6.54 Å². The first-order chi connectivity index (χ1) is 15.4. The molecule has 1 amide bonds. The third-order valence-electron chi connectivity index (χ3n) is 4.87. The number of carbonyl (C=O) groups excluding carboxylic acids is 2. The first kappa shape index (κ1) is 21.6. The van der Waals surface area contributed by atoms with E-state index in [0.717, 1.165) is 10.3 Å². The van der Waals surface area contributed by atoms with Gasteiger partial charge in [-0.2, -0.15) is 0 Å². The molecule has 0 fully saturated rings. The summed E-state index contributed by atoms with van der Waals surface area (Å²) in [6, 6.07) is 15.0. The van der Waals surface area contributed by atoms with E-state index in [1.165, 1.54) is 17.4 Å². The van der Waals surface area contributed by atoms with Crippen molar-refractivity contribution >= 4 is 33.2 Å². The Hall–Kier alpha value is -3.58. The van der Waals surface area contributed by atoms with Crippen LogP contribution in [0.4, 0.5) is 4.39 Å². The SMILES string of the molecule is CCNC(=O)c1cc2nccc(Oc3cccc(C(=O)Cc4cc(C)ccc4F)c3)c2s1. The molecule has 32 heavy (non-hydrogen) atoms. The van der Waals surface area contributed by atoms with Crippen molar-refractivity contribution in [3.05, 3.63) is 88.2 Å². The summed E-state index contributed by atoms with van der Waals surface area (Å²) in [4.78, 5) is 29.8. The van der Waals surface area contributed by atoms with Gasteiger partial charge in [-0.3, -0.25) is 14.6 Å². The number of aryl methyl sites for hydroxylation is 1. The van der Waals surface area contributed by atoms with E-state index in [-0.39, 0.29) is 18.1 Å². The highest BCUT2D eigenvalue weighted by atomic mass is 32.1. The molecule has 0 atom stereocenters. The Morgan fingerprint density at radius 2 is 1.97 bits per heavy atom. The number of aromatic nitrogens is 1. The van der Waals surface area contributed by atoms with Crippen molar-refractivity contribution in [3.63, 3.8) is 0 Å². The predicted octanol–water partition coefficient (Wildman–Crippen LogP) is 5.71. The van der Waals surface area contributed by atoms with E-state index in [4.69, 9.17) is 4.74 Å². The number of nitrogens with zero attached hydrogens (tertiary/aromatic N) is 1. The van der Waals surface area contributed by atoms with Crippen LogP contribution in [0.25, 0.3) is 10.2 Å². The summed E-state index contributed by atoms with van der Waals surface area (Å²) in [6.07, 6.45) is 1.58. The Labute approximate surface area is 188 Å². The fraction of sp³-hybridized carbons (Fsp3) is 0.160. The molecule has 0 aliphatic rings. The molecule has 4 aromatic rings. The molecule has 4 rings (SSSR count). The van der Waals surface area contributed by atoms with E-state index in [1.54, 1.807) is 54.7 Å². The van der Waals surface area contributed by atoms with Gasteiger partial charge in [0, 0.05) is 30.8 Å². The number of amides is 1. The average Bonchev–Trinajstić information content (AvgIpc) is 3.22. The highest BCUT2D eigenvalue weighted by Gasteiger charge is 2.15. The molecule has 5 nitrogen and oxygen atoms in total. The van der Waals surface area contributed by atoms with E-state index in [1.807, 2.05) is 13.8 Å². The van der Waals surface area contributed by atoms with Crippen LogP contribution in [0.1, 0.15) is 38.1 Å². The number of ether oxygens (including phenoxy) is 1. The maximum atomic E-state index is 14.1. The lowest BCUT2D eigenvalue weighted by Gasteiger charge is -2.09. The van der Waals surface area contributed by atoms with Crippen molar-refractivity contribution in [2.45, 2.75) is 20.3 Å². The maximum Gasteiger partial charge on any atom is 0.261 e. The molecule has 1 N–H and O–H groups in total. The average molecular weight is 449 g/mol. The monoisotopic (exact) mass is 448 g/mol. The minimum atomic E-state index is -0.392. The van der Waals surface area contributed by atoms with Gasteiger partial charge in [0.05, 0.1) is 15.1 Å². The third kappa shape index (κ3) is 4.68. The lowest BCUT2D eigenvalue weighted by atomic mass is 10.0. The van der Waals surface area contributed by atoms with Gasteiger partial charge in [-0.15, -0.1) is 11.3 Å². The smallest absolute Gasteiger partial charge is 0.261 e. The van der Waals surface area contributed by atoms with Crippen LogP contribution >= 0.6 is 11.3 Å². The predicted molar refractivity (Wildman–Crippen MR) is 123 cm³/mol. The Bertz CT molecular complexity index is 1320. The first-order valence-electron chi connectivity index (χ1n) is 10.2. The van der Waals surface area contributed by atoms with Crippen molar-refractivity contribution in [3.8, 4) is 11.5 Å². The molecule has 0 saturated carbocycles. The molecular weight excluding hydrogens is 427 g/mol. The number of thiophene rings is 1. The maximum absolute atomic E-state index is 14.1. The van der Waals surface area contributed by atoms with E-state index in [9.17, 15) is 14.0 Å². The summed E-state index contributed by atoms with van der Waals surface area (Å²) in [5, 5.41) is 2.78. The van der Waals surface area contributed by atoms with Gasteiger partial charge in [0.25, 0.3) is 5.91 Å². The molecule has 0 unspecified atom stereocenters. The lowest BCUT2D eigenvalue weighted by molar-refractivity contribution is 0.0958. The van der Waals surface area contributed by atoms with Crippen LogP contribution < -0.4 is 10.1 Å². The molecule has 7 heteroatoms. The van der Waals surface area contributed by atoms with Crippen LogP contribution in [0.2, 0.25) is 0 Å². The third-order valence-corrected chi connectivity index (χ3v) is 6.01. The van der Waals surface area contributed by atoms with Gasteiger partial charge in [0.15, 0.2) is 5.78 Å². The quantitative estimate of drug-likeness (QED) is 0.368. The van der Waals surface area contributed by atoms with E-state index < -0.39 is 5.82 Å². The number of halogens is 1. The van der Waals surface area contributed by atoms with Crippen molar-refractivity contribution in [1.82, 2.24) is 10.3 Å². The van der Waals surface area contributed by atoms with Gasteiger partial charge in [-0.05, 0) is 43.7 Å². The number of pyridine rings is 1. The van der Waals surface area contributed by atoms with E-state index in [0.29, 0.717) is 39.6 Å². The largest absolute Gasteiger partial charge is 0.456 e. The van der Waals surface area contributed by atoms with Gasteiger partial charge >= 0.3 is 0 Å². The zero-order valence-corrected chi connectivity index (χ0v) is 18.5. The Balaban J connectivity index is 1.58. The number of carbonyl (C=O) groups is 2. The normalized spacial score (nSPS) is 10.8. The number of fused-ring (bicyclic) bond motifs is 1. The van der Waals surface area contributed by atoms with Crippen molar-refractivity contribution < 1.29 is 18.7 Å². The summed E-state index contributed by atoms with van der Waals surface area (Å²) >= 11 is 1.30. The molecule has 162 valence electrons. The molecule has 0 aliphatic heterocycles. The molecule has 0 radical (unpaired) electrons. The van der Waals surface area contributed by atoms with Crippen molar-refractivity contribution in [1.29, 1.82) is 0 Å². The second-order valence-corrected chi connectivity index (χ2v) is 8.37. The molecular formula is C25H21FN2O3S. The topological polar surface area (TPSA) is 68.3 Å². The standard InChI is InChI=1S/C25H21FN2O3S/c1-3-27-25(30)23-14-20-24(32-23)22(9-10-28-20)31-18-6-4-5-16(12-18)21(29)13-17-11-15(2)7-8-19(17)26/h4-12,14H,3,13H2,1-2H3,(H,27,30). The number of Topliss-reactive ketones (excluding diaryl/α,β-unsaturated/α-hetero) is 1. The Morgan fingerprint density at radius 1 is 1.12 bits per heavy atom. The van der Waals surface area contributed by atoms with Gasteiger partial charge in [0.2, 0.25) is 0 Å². The van der Waals surface area contributed by atoms with E-state index >= 15 is 0 Å². The fourth-order valence-corrected chi connectivity index (χ4v) is 4.31. The Kier molecular flexibility index (Phi) is 6.28. The van der Waals surface area contributed by atoms with Crippen LogP contribution in [0.3, 0.4) is 0 Å². The zero-order chi connectivity index (χ0) is 22.7. The molecule has 0 spiro atoms. The van der Waals surface area contributed by atoms with Crippen LogP contribution in [0.15, 0.2) is 60.8 Å². The second kappa shape index (κ2) is 9.28. The van der Waals surface area contributed by atoms with Crippen LogP contribution in [-0.4, -0.2) is 23.2 Å². The van der Waals surface area contributed by atoms with Gasteiger partial charge in [-0.25, -0.2) is 4.39 Å². The minimum absolute atomic E-state index is 0.0305. The highest BCUT2D eigenvalue weighted by molar-refractivity contribution is 7.21. The molecule has 0 aliphatic carbocycles. The molecule has 2 aromatic carbocycles. The van der Waals surface area contributed by atoms with Crippen molar-refractivity contribution in [2.24, 2.45) is 0 Å². The minimum Gasteiger partial charge on any atom is -0.456 e. The van der Waals surface area contributed by atoms with E-state index in [2.05, 4.69) is 10.3 Å². The number of ketones is 1. The second-order valence-electron chi connectivity index (χ2n) is 7.32. The zero-order valence-electron chi connectivity index (χ0n) is 17.6. The van der Waals surface area contributed by atoms with Crippen LogP contribution in [0, 0.1) is 12.7 Å². The fourth-order valence-electron chi connectivity index (χ4n) is 3.33. The van der Waals surface area contributed by atoms with Gasteiger partial charge < -0.3 is 10.1 Å². The summed E-state index contributed by atoms with van der Waals surface area (Å²) < 4.78 is 20.8. The number of hydrogen-bond acceptors (Lipinski definition) is 5. The molecule has 0 saturated heterocycles. The summed E-state index contributed by atoms with van der Waals surface area (Å²) in [5.41, 5.74) is 2.36. The summed E-state index contributed by atoms with van der Waals surface area (Å²) in [7, 11) is 0.